The molecule has 4 aliphatic rings. The van der Waals surface area contributed by atoms with Crippen molar-refractivity contribution in [3.05, 3.63) is 0 Å². The Hall–Kier alpha value is 0.350. The summed E-state index contributed by atoms with van der Waals surface area (Å²) >= 11 is 4.57. The summed E-state index contributed by atoms with van der Waals surface area (Å²) in [7, 11) is 0. The molecule has 0 saturated heterocycles. The van der Waals surface area contributed by atoms with E-state index in [2.05, 4.69) is 47.2 Å². The van der Waals surface area contributed by atoms with Crippen molar-refractivity contribution in [1.82, 2.24) is 0 Å². The predicted octanol–water partition coefficient (Wildman–Crippen LogP) is 14.6. The molecule has 0 aromatic heterocycles. The second-order valence-corrected chi connectivity index (χ2v) is 18.4. The maximum absolute atomic E-state index is 4.57. The van der Waals surface area contributed by atoms with Crippen LogP contribution in [0.15, 0.2) is 0 Å². The lowest BCUT2D eigenvalue weighted by Gasteiger charge is -2.50. The molecule has 264 valence electrons. The molecule has 0 amide bonds. The highest BCUT2D eigenvalue weighted by Crippen LogP contribution is 2.54. The molecule has 0 heterocycles. The summed E-state index contributed by atoms with van der Waals surface area (Å²) in [6, 6.07) is 0. The number of thiol groups is 1. The zero-order valence-electron chi connectivity index (χ0n) is 31.5. The largest absolute Gasteiger partial charge is 0.179 e. The first kappa shape index (κ1) is 38.2. The minimum Gasteiger partial charge on any atom is -0.179 e. The van der Waals surface area contributed by atoms with E-state index in [1.54, 1.807) is 83.5 Å². The molecule has 8 atom stereocenters. The van der Waals surface area contributed by atoms with E-state index in [1.807, 2.05) is 0 Å². The quantitative estimate of drug-likeness (QED) is 0.112. The Kier molecular flexibility index (Phi) is 17.6. The fraction of sp³-hybridized carbons (Fsp3) is 1.00. The summed E-state index contributed by atoms with van der Waals surface area (Å²) in [6.45, 7) is 12.3. The van der Waals surface area contributed by atoms with Crippen molar-refractivity contribution < 1.29 is 0 Å². The van der Waals surface area contributed by atoms with Crippen molar-refractivity contribution in [3.8, 4) is 0 Å². The summed E-state index contributed by atoms with van der Waals surface area (Å²) in [5.74, 6) is 13.5. The fourth-order valence-corrected chi connectivity index (χ4v) is 12.4. The lowest BCUT2D eigenvalue weighted by Crippen LogP contribution is -2.41. The van der Waals surface area contributed by atoms with Gasteiger partial charge < -0.3 is 0 Å². The Balaban J connectivity index is 1.41. The third kappa shape index (κ3) is 11.4. The van der Waals surface area contributed by atoms with Gasteiger partial charge in [0.15, 0.2) is 0 Å². The van der Waals surface area contributed by atoms with Crippen LogP contribution in [0.2, 0.25) is 0 Å². The van der Waals surface area contributed by atoms with Gasteiger partial charge in [0.05, 0.1) is 0 Å². The molecule has 0 radical (unpaired) electrons. The lowest BCUT2D eigenvalue weighted by atomic mass is 9.55. The molecule has 1 heteroatoms. The van der Waals surface area contributed by atoms with Crippen LogP contribution in [-0.2, 0) is 0 Å². The zero-order valence-corrected chi connectivity index (χ0v) is 32.4. The number of unbranched alkanes of at least 4 members (excludes halogenated alkanes) is 6. The standard InChI is InChI=1S/C44H82S/c1-6-9-11-13-17-41-31-43(38-25-21-36(22-26-38)35(8-3)16-10-7-2)42(18-14-12-15-29-45)32-44(41)39-27-23-37(24-28-39)40-20-19-33(4)34(5)30-40/h33-45H,6-32H2,1-5H3. The van der Waals surface area contributed by atoms with E-state index in [1.165, 1.54) is 83.5 Å². The van der Waals surface area contributed by atoms with Crippen molar-refractivity contribution in [3.63, 3.8) is 0 Å². The van der Waals surface area contributed by atoms with Crippen LogP contribution in [0.5, 0.6) is 0 Å². The molecule has 0 N–H and O–H groups in total. The van der Waals surface area contributed by atoms with E-state index in [0.29, 0.717) is 0 Å². The van der Waals surface area contributed by atoms with E-state index in [-0.39, 0.29) is 0 Å². The summed E-state index contributed by atoms with van der Waals surface area (Å²) in [5, 5.41) is 0. The van der Waals surface area contributed by atoms with Gasteiger partial charge in [0.2, 0.25) is 0 Å². The molecule has 0 aromatic rings. The van der Waals surface area contributed by atoms with Gasteiger partial charge in [0, 0.05) is 0 Å². The lowest BCUT2D eigenvalue weighted by molar-refractivity contribution is -0.00324. The summed E-state index contributed by atoms with van der Waals surface area (Å²) in [5.41, 5.74) is 0. The molecule has 0 nitrogen and oxygen atoms in total. The monoisotopic (exact) mass is 643 g/mol. The molecule has 8 unspecified atom stereocenters. The van der Waals surface area contributed by atoms with Crippen LogP contribution in [0, 0.1) is 71.0 Å². The predicted molar refractivity (Wildman–Crippen MR) is 204 cm³/mol. The van der Waals surface area contributed by atoms with Gasteiger partial charge in [-0.25, -0.2) is 0 Å². The molecule has 4 fully saturated rings. The minimum absolute atomic E-state index is 0.965. The van der Waals surface area contributed by atoms with Crippen molar-refractivity contribution in [2.24, 2.45) is 71.0 Å². The molecule has 4 aliphatic carbocycles. The second kappa shape index (κ2) is 20.8. The average Bonchev–Trinajstić information content (AvgIpc) is 3.07. The molecule has 4 rings (SSSR count). The van der Waals surface area contributed by atoms with Gasteiger partial charge in [-0.15, -0.1) is 0 Å². The third-order valence-electron chi connectivity index (χ3n) is 15.3. The highest BCUT2D eigenvalue weighted by Gasteiger charge is 2.44. The summed E-state index contributed by atoms with van der Waals surface area (Å²) < 4.78 is 0. The third-order valence-corrected chi connectivity index (χ3v) is 15.6. The van der Waals surface area contributed by atoms with Gasteiger partial charge >= 0.3 is 0 Å². The van der Waals surface area contributed by atoms with Gasteiger partial charge in [-0.3, -0.25) is 0 Å². The second-order valence-electron chi connectivity index (χ2n) is 17.9. The summed E-state index contributed by atoms with van der Waals surface area (Å²) in [6.07, 6.45) is 39.3. The van der Waals surface area contributed by atoms with Crippen molar-refractivity contribution >= 4 is 12.6 Å². The van der Waals surface area contributed by atoms with Crippen LogP contribution in [0.4, 0.5) is 0 Å². The smallest absolute Gasteiger partial charge is 0.00979 e. The van der Waals surface area contributed by atoms with Crippen LogP contribution in [0.3, 0.4) is 0 Å². The topological polar surface area (TPSA) is 0 Å². The van der Waals surface area contributed by atoms with Crippen LogP contribution < -0.4 is 0 Å². The Labute approximate surface area is 290 Å². The maximum Gasteiger partial charge on any atom is -0.00979 e. The number of hydrogen-bond donors (Lipinski definition) is 1. The Bertz CT molecular complexity index is 744. The first-order chi connectivity index (χ1) is 22.0. The Morgan fingerprint density at radius 1 is 0.511 bits per heavy atom. The van der Waals surface area contributed by atoms with E-state index >= 15 is 0 Å². The van der Waals surface area contributed by atoms with E-state index < -0.39 is 0 Å². The van der Waals surface area contributed by atoms with Crippen LogP contribution in [0.25, 0.3) is 0 Å². The average molecular weight is 643 g/mol. The van der Waals surface area contributed by atoms with Crippen molar-refractivity contribution in [2.45, 2.75) is 202 Å². The minimum atomic E-state index is 0.965. The molecule has 0 spiro atoms. The maximum atomic E-state index is 4.57. The summed E-state index contributed by atoms with van der Waals surface area (Å²) in [4.78, 5) is 0. The number of hydrogen-bond acceptors (Lipinski definition) is 1. The highest BCUT2D eigenvalue weighted by molar-refractivity contribution is 7.80. The van der Waals surface area contributed by atoms with Crippen LogP contribution >= 0.6 is 12.6 Å². The molecule has 4 saturated carbocycles. The van der Waals surface area contributed by atoms with Crippen molar-refractivity contribution in [1.29, 1.82) is 0 Å². The first-order valence-electron chi connectivity index (χ1n) is 21.6. The molecule has 0 aromatic carbocycles. The highest BCUT2D eigenvalue weighted by atomic mass is 32.1. The van der Waals surface area contributed by atoms with Gasteiger partial charge in [0.25, 0.3) is 0 Å². The molecular formula is C44H82S. The Morgan fingerprint density at radius 3 is 1.58 bits per heavy atom. The van der Waals surface area contributed by atoms with E-state index in [9.17, 15) is 0 Å². The van der Waals surface area contributed by atoms with Crippen LogP contribution in [-0.4, -0.2) is 5.75 Å². The molecule has 0 bridgehead atoms. The molecule has 0 aliphatic heterocycles. The van der Waals surface area contributed by atoms with Crippen LogP contribution in [0.1, 0.15) is 202 Å². The van der Waals surface area contributed by atoms with E-state index in [0.717, 1.165) is 76.8 Å². The molecule has 45 heavy (non-hydrogen) atoms. The normalized spacial score (nSPS) is 38.7. The van der Waals surface area contributed by atoms with Gasteiger partial charge in [-0.05, 0) is 160 Å². The zero-order chi connectivity index (χ0) is 32.0. The number of rotatable bonds is 18. The van der Waals surface area contributed by atoms with Gasteiger partial charge in [-0.2, -0.15) is 12.6 Å². The first-order valence-corrected chi connectivity index (χ1v) is 22.2. The fourth-order valence-electron chi connectivity index (χ4n) is 12.1. The van der Waals surface area contributed by atoms with Gasteiger partial charge in [0.1, 0.15) is 0 Å². The molecular weight excluding hydrogens is 561 g/mol. The van der Waals surface area contributed by atoms with Gasteiger partial charge in [-0.1, -0.05) is 118 Å². The van der Waals surface area contributed by atoms with Crippen molar-refractivity contribution in [2.75, 3.05) is 5.75 Å². The SMILES string of the molecule is CCCCCCC1CC(C2CCC(C(CC)CCCC)CC2)C(CCCCCS)CC1C1CCC(C2CCC(C)C(C)C2)CC1. The Morgan fingerprint density at radius 2 is 1.04 bits per heavy atom. The van der Waals surface area contributed by atoms with E-state index in [4.69, 9.17) is 0 Å².